The van der Waals surface area contributed by atoms with Crippen molar-refractivity contribution in [3.63, 3.8) is 0 Å². The first-order chi connectivity index (χ1) is 8.26. The van der Waals surface area contributed by atoms with Crippen LogP contribution in [0.4, 0.5) is 0 Å². The van der Waals surface area contributed by atoms with Crippen molar-refractivity contribution >= 4 is 27.9 Å². The van der Waals surface area contributed by atoms with Gasteiger partial charge < -0.3 is 0 Å². The Morgan fingerprint density at radius 1 is 1.41 bits per heavy atom. The Hall–Kier alpha value is -1.39. The van der Waals surface area contributed by atoms with E-state index in [0.29, 0.717) is 0 Å². The van der Waals surface area contributed by atoms with Gasteiger partial charge in [0.15, 0.2) is 0 Å². The lowest BCUT2D eigenvalue weighted by atomic mass is 10.2. The fraction of sp³-hybridized carbons (Fsp3) is 0.167. The smallest absolute Gasteiger partial charge is 0.212 e. The molecule has 17 heavy (non-hydrogen) atoms. The molecule has 3 aromatic rings. The summed E-state index contributed by atoms with van der Waals surface area (Å²) in [7, 11) is 0. The molecule has 0 aliphatic heterocycles. The average Bonchev–Trinajstić information content (AvgIpc) is 2.86. The van der Waals surface area contributed by atoms with Gasteiger partial charge in [0.25, 0.3) is 0 Å². The number of aromatic nitrogens is 3. The first-order valence-corrected chi connectivity index (χ1v) is 6.57. The van der Waals surface area contributed by atoms with Crippen molar-refractivity contribution in [2.45, 2.75) is 13.3 Å². The molecule has 0 spiro atoms. The Bertz CT molecular complexity index is 640. The molecule has 2 heterocycles. The zero-order valence-corrected chi connectivity index (χ0v) is 10.8. The van der Waals surface area contributed by atoms with Gasteiger partial charge in [-0.3, -0.25) is 0 Å². The molecule has 5 heteroatoms. The number of nitrogens with zero attached hydrogens (tertiary/aromatic N) is 3. The quantitative estimate of drug-likeness (QED) is 0.706. The van der Waals surface area contributed by atoms with Crippen LogP contribution in [0.5, 0.6) is 0 Å². The van der Waals surface area contributed by atoms with Crippen LogP contribution in [0.15, 0.2) is 30.5 Å². The fourth-order valence-electron chi connectivity index (χ4n) is 1.67. The van der Waals surface area contributed by atoms with E-state index in [1.807, 2.05) is 35.0 Å². The van der Waals surface area contributed by atoms with Crippen LogP contribution < -0.4 is 0 Å². The third-order valence-corrected chi connectivity index (χ3v) is 3.81. The van der Waals surface area contributed by atoms with Crippen LogP contribution in [0, 0.1) is 0 Å². The lowest BCUT2D eigenvalue weighted by Gasteiger charge is -1.95. The molecule has 0 aliphatic carbocycles. The number of hydrogen-bond donors (Lipinski definition) is 0. The number of rotatable bonds is 2. The summed E-state index contributed by atoms with van der Waals surface area (Å²) >= 11 is 7.59. The number of hydrogen-bond acceptors (Lipinski definition) is 3. The second kappa shape index (κ2) is 4.13. The summed E-state index contributed by atoms with van der Waals surface area (Å²) in [5.41, 5.74) is 1.93. The minimum atomic E-state index is 0.723. The van der Waals surface area contributed by atoms with Gasteiger partial charge in [-0.1, -0.05) is 42.0 Å². The zero-order valence-electron chi connectivity index (χ0n) is 9.22. The van der Waals surface area contributed by atoms with E-state index in [2.05, 4.69) is 17.0 Å². The van der Waals surface area contributed by atoms with Gasteiger partial charge in [0.1, 0.15) is 5.01 Å². The SMILES string of the molecule is CCc1nn2cc(-c3cccc(Cl)c3)nc2s1. The summed E-state index contributed by atoms with van der Waals surface area (Å²) in [6.45, 7) is 2.09. The molecule has 0 radical (unpaired) electrons. The van der Waals surface area contributed by atoms with Crippen LogP contribution in [0.25, 0.3) is 16.2 Å². The Morgan fingerprint density at radius 2 is 2.29 bits per heavy atom. The maximum absolute atomic E-state index is 5.97. The second-order valence-corrected chi connectivity index (χ2v) is 5.19. The van der Waals surface area contributed by atoms with E-state index >= 15 is 0 Å². The second-order valence-electron chi connectivity index (χ2n) is 3.71. The number of fused-ring (bicyclic) bond motifs is 1. The van der Waals surface area contributed by atoms with Crippen LogP contribution in [-0.2, 0) is 6.42 Å². The molecule has 0 N–H and O–H groups in total. The number of benzene rings is 1. The standard InChI is InChI=1S/C12H10ClN3S/c1-2-11-15-16-7-10(14-12(16)17-11)8-4-3-5-9(13)6-8/h3-7H,2H2,1H3. The van der Waals surface area contributed by atoms with Crippen molar-refractivity contribution in [3.05, 3.63) is 40.5 Å². The Kier molecular flexibility index (Phi) is 2.61. The van der Waals surface area contributed by atoms with Gasteiger partial charge in [-0.15, -0.1) is 0 Å². The molecule has 1 aromatic carbocycles. The summed E-state index contributed by atoms with van der Waals surface area (Å²) in [6, 6.07) is 7.70. The van der Waals surface area contributed by atoms with Crippen molar-refractivity contribution in [1.82, 2.24) is 14.6 Å². The molecule has 86 valence electrons. The summed E-state index contributed by atoms with van der Waals surface area (Å²) in [5.74, 6) is 0. The minimum absolute atomic E-state index is 0.723. The monoisotopic (exact) mass is 263 g/mol. The van der Waals surface area contributed by atoms with Crippen molar-refractivity contribution in [3.8, 4) is 11.3 Å². The first-order valence-electron chi connectivity index (χ1n) is 5.37. The highest BCUT2D eigenvalue weighted by molar-refractivity contribution is 7.16. The Labute approximate surface area is 108 Å². The van der Waals surface area contributed by atoms with Crippen LogP contribution in [-0.4, -0.2) is 14.6 Å². The molecule has 0 bridgehead atoms. The van der Waals surface area contributed by atoms with E-state index in [1.165, 1.54) is 0 Å². The maximum Gasteiger partial charge on any atom is 0.212 e. The van der Waals surface area contributed by atoms with Gasteiger partial charge in [-0.2, -0.15) is 5.10 Å². The minimum Gasteiger partial charge on any atom is -0.217 e. The summed E-state index contributed by atoms with van der Waals surface area (Å²) in [6.07, 6.45) is 2.89. The molecule has 0 atom stereocenters. The van der Waals surface area contributed by atoms with Crippen molar-refractivity contribution in [2.24, 2.45) is 0 Å². The molecule has 0 unspecified atom stereocenters. The number of aryl methyl sites for hydroxylation is 1. The normalized spacial score (nSPS) is 11.2. The predicted molar refractivity (Wildman–Crippen MR) is 70.7 cm³/mol. The molecule has 2 aromatic heterocycles. The van der Waals surface area contributed by atoms with Crippen LogP contribution in [0.3, 0.4) is 0 Å². The molecule has 0 fully saturated rings. The van der Waals surface area contributed by atoms with E-state index < -0.39 is 0 Å². The van der Waals surface area contributed by atoms with E-state index in [1.54, 1.807) is 11.3 Å². The third-order valence-electron chi connectivity index (χ3n) is 2.51. The first kappa shape index (κ1) is 10.7. The van der Waals surface area contributed by atoms with Crippen LogP contribution in [0.2, 0.25) is 5.02 Å². The Morgan fingerprint density at radius 3 is 3.00 bits per heavy atom. The predicted octanol–water partition coefficient (Wildman–Crippen LogP) is 3.67. The van der Waals surface area contributed by atoms with Crippen LogP contribution >= 0.6 is 22.9 Å². The zero-order chi connectivity index (χ0) is 11.8. The summed E-state index contributed by atoms with van der Waals surface area (Å²) < 4.78 is 1.83. The van der Waals surface area contributed by atoms with Gasteiger partial charge in [0.05, 0.1) is 11.9 Å². The Balaban J connectivity index is 2.09. The topological polar surface area (TPSA) is 30.2 Å². The highest BCUT2D eigenvalue weighted by Crippen LogP contribution is 2.24. The lowest BCUT2D eigenvalue weighted by Crippen LogP contribution is -1.83. The van der Waals surface area contributed by atoms with Crippen molar-refractivity contribution < 1.29 is 0 Å². The highest BCUT2D eigenvalue weighted by Gasteiger charge is 2.08. The lowest BCUT2D eigenvalue weighted by molar-refractivity contribution is 0.910. The van der Waals surface area contributed by atoms with Gasteiger partial charge in [0.2, 0.25) is 4.96 Å². The molecule has 3 nitrogen and oxygen atoms in total. The molecule has 0 saturated carbocycles. The molecular weight excluding hydrogens is 254 g/mol. The van der Waals surface area contributed by atoms with Crippen LogP contribution in [0.1, 0.15) is 11.9 Å². The summed E-state index contributed by atoms with van der Waals surface area (Å²) in [4.78, 5) is 5.48. The van der Waals surface area contributed by atoms with E-state index in [0.717, 1.165) is 32.7 Å². The number of halogens is 1. The highest BCUT2D eigenvalue weighted by atomic mass is 35.5. The van der Waals surface area contributed by atoms with Gasteiger partial charge in [0, 0.05) is 10.6 Å². The summed E-state index contributed by atoms with van der Waals surface area (Å²) in [5, 5.41) is 6.26. The molecular formula is C12H10ClN3S. The maximum atomic E-state index is 5.97. The largest absolute Gasteiger partial charge is 0.217 e. The van der Waals surface area contributed by atoms with Gasteiger partial charge >= 0.3 is 0 Å². The van der Waals surface area contributed by atoms with E-state index in [4.69, 9.17) is 11.6 Å². The average molecular weight is 264 g/mol. The van der Waals surface area contributed by atoms with E-state index in [9.17, 15) is 0 Å². The molecule has 3 rings (SSSR count). The fourth-order valence-corrected chi connectivity index (χ4v) is 2.68. The third kappa shape index (κ3) is 1.94. The van der Waals surface area contributed by atoms with Crippen molar-refractivity contribution in [2.75, 3.05) is 0 Å². The molecule has 0 aliphatic rings. The van der Waals surface area contributed by atoms with Gasteiger partial charge in [-0.25, -0.2) is 9.50 Å². The number of imidazole rings is 1. The molecule has 0 saturated heterocycles. The van der Waals surface area contributed by atoms with E-state index in [-0.39, 0.29) is 0 Å². The van der Waals surface area contributed by atoms with Crippen molar-refractivity contribution in [1.29, 1.82) is 0 Å². The molecule has 0 amide bonds. The van der Waals surface area contributed by atoms with Gasteiger partial charge in [-0.05, 0) is 18.6 Å².